The van der Waals surface area contributed by atoms with E-state index in [1.807, 2.05) is 0 Å². The quantitative estimate of drug-likeness (QED) is 0.866. The predicted octanol–water partition coefficient (Wildman–Crippen LogP) is 3.89. The Morgan fingerprint density at radius 2 is 1.94 bits per heavy atom. The fraction of sp³-hybridized carbons (Fsp3) is 0.467. The number of hydrogen-bond acceptors (Lipinski definition) is 1. The first-order valence-corrected chi connectivity index (χ1v) is 6.56. The van der Waals surface area contributed by atoms with Gasteiger partial charge >= 0.3 is 0 Å². The highest BCUT2D eigenvalue weighted by molar-refractivity contribution is 5.54. The minimum absolute atomic E-state index is 0.433. The molecule has 0 bridgehead atoms. The van der Waals surface area contributed by atoms with Crippen LogP contribution in [0, 0.1) is 17.6 Å². The summed E-state index contributed by atoms with van der Waals surface area (Å²) in [6.07, 6.45) is 7.77. The number of halogens is 2. The first-order valence-electron chi connectivity index (χ1n) is 6.56. The summed E-state index contributed by atoms with van der Waals surface area (Å²) in [7, 11) is 0. The molecular formula is C15H19F2N. The number of nitrogens with two attached hydrogens (primary N) is 1. The fourth-order valence-corrected chi connectivity index (χ4v) is 2.64. The Hall–Kier alpha value is -1.22. The predicted molar refractivity (Wildman–Crippen MR) is 70.0 cm³/mol. The fourth-order valence-electron chi connectivity index (χ4n) is 2.64. The second kappa shape index (κ2) is 6.10. The largest absolute Gasteiger partial charge is 0.327 e. The molecule has 1 saturated carbocycles. The summed E-state index contributed by atoms with van der Waals surface area (Å²) in [4.78, 5) is 0. The van der Waals surface area contributed by atoms with Crippen LogP contribution in [0.3, 0.4) is 0 Å². The van der Waals surface area contributed by atoms with E-state index in [2.05, 4.69) is 0 Å². The zero-order valence-electron chi connectivity index (χ0n) is 10.5. The van der Waals surface area contributed by atoms with Gasteiger partial charge in [-0.3, -0.25) is 0 Å². The molecule has 98 valence electrons. The Labute approximate surface area is 107 Å². The second-order valence-corrected chi connectivity index (χ2v) is 4.92. The van der Waals surface area contributed by atoms with Crippen molar-refractivity contribution < 1.29 is 8.78 Å². The van der Waals surface area contributed by atoms with E-state index in [1.54, 1.807) is 6.08 Å². The lowest BCUT2D eigenvalue weighted by Gasteiger charge is -2.24. The molecule has 1 aromatic rings. The summed E-state index contributed by atoms with van der Waals surface area (Å²) in [6.45, 7) is 0.446. The smallest absolute Gasteiger partial charge is 0.133 e. The molecule has 2 rings (SSSR count). The van der Waals surface area contributed by atoms with E-state index in [0.717, 1.165) is 24.5 Å². The van der Waals surface area contributed by atoms with Gasteiger partial charge in [-0.2, -0.15) is 0 Å². The van der Waals surface area contributed by atoms with Gasteiger partial charge < -0.3 is 5.73 Å². The summed E-state index contributed by atoms with van der Waals surface area (Å²) in [5, 5.41) is 0. The van der Waals surface area contributed by atoms with Crippen LogP contribution in [0.15, 0.2) is 23.8 Å². The maximum absolute atomic E-state index is 13.6. The average Bonchev–Trinajstić information content (AvgIpc) is 2.39. The van der Waals surface area contributed by atoms with Crippen molar-refractivity contribution in [3.63, 3.8) is 0 Å². The standard InChI is InChI=1S/C15H19F2N/c16-14-7-6-12(15(17)9-14)8-13(10-18)11-4-2-1-3-5-11/h6-9,11H,1-5,10,18H2. The van der Waals surface area contributed by atoms with E-state index in [9.17, 15) is 8.78 Å². The van der Waals surface area contributed by atoms with Crippen molar-refractivity contribution in [1.82, 2.24) is 0 Å². The highest BCUT2D eigenvalue weighted by Gasteiger charge is 2.17. The van der Waals surface area contributed by atoms with Gasteiger partial charge in [-0.05, 0) is 30.9 Å². The second-order valence-electron chi connectivity index (χ2n) is 4.92. The van der Waals surface area contributed by atoms with Crippen LogP contribution in [0.2, 0.25) is 0 Å². The molecule has 1 aromatic carbocycles. The number of hydrogen-bond donors (Lipinski definition) is 1. The van der Waals surface area contributed by atoms with E-state index in [-0.39, 0.29) is 0 Å². The third-order valence-corrected chi connectivity index (χ3v) is 3.67. The Balaban J connectivity index is 2.22. The third-order valence-electron chi connectivity index (χ3n) is 3.67. The lowest BCUT2D eigenvalue weighted by atomic mass is 9.83. The van der Waals surface area contributed by atoms with Crippen LogP contribution in [0.25, 0.3) is 6.08 Å². The van der Waals surface area contributed by atoms with Crippen LogP contribution in [0.4, 0.5) is 8.78 Å². The molecule has 0 aromatic heterocycles. The van der Waals surface area contributed by atoms with Crippen LogP contribution < -0.4 is 5.73 Å². The van der Waals surface area contributed by atoms with E-state index in [1.165, 1.54) is 31.4 Å². The Morgan fingerprint density at radius 1 is 1.22 bits per heavy atom. The minimum atomic E-state index is -0.545. The molecule has 2 N–H and O–H groups in total. The summed E-state index contributed by atoms with van der Waals surface area (Å²) < 4.78 is 26.4. The zero-order chi connectivity index (χ0) is 13.0. The van der Waals surface area contributed by atoms with Crippen LogP contribution in [0.5, 0.6) is 0 Å². The molecule has 1 fully saturated rings. The molecular weight excluding hydrogens is 232 g/mol. The van der Waals surface area contributed by atoms with Crippen molar-refractivity contribution >= 4 is 6.08 Å². The van der Waals surface area contributed by atoms with Crippen LogP contribution in [-0.4, -0.2) is 6.54 Å². The summed E-state index contributed by atoms with van der Waals surface area (Å²) in [6, 6.07) is 3.67. The van der Waals surface area contributed by atoms with Gasteiger partial charge in [0.05, 0.1) is 0 Å². The van der Waals surface area contributed by atoms with Crippen molar-refractivity contribution in [1.29, 1.82) is 0 Å². The Kier molecular flexibility index (Phi) is 4.48. The van der Waals surface area contributed by atoms with Crippen molar-refractivity contribution in [3.8, 4) is 0 Å². The number of rotatable bonds is 3. The molecule has 0 atom stereocenters. The molecule has 0 spiro atoms. The molecule has 0 radical (unpaired) electrons. The van der Waals surface area contributed by atoms with Crippen LogP contribution in [-0.2, 0) is 0 Å². The van der Waals surface area contributed by atoms with Crippen molar-refractivity contribution in [3.05, 3.63) is 41.0 Å². The van der Waals surface area contributed by atoms with Gasteiger partial charge in [0, 0.05) is 18.2 Å². The van der Waals surface area contributed by atoms with Gasteiger partial charge in [0.2, 0.25) is 0 Å². The van der Waals surface area contributed by atoms with E-state index >= 15 is 0 Å². The average molecular weight is 251 g/mol. The van der Waals surface area contributed by atoms with E-state index in [0.29, 0.717) is 18.0 Å². The third kappa shape index (κ3) is 3.16. The van der Waals surface area contributed by atoms with Crippen molar-refractivity contribution in [2.24, 2.45) is 11.7 Å². The zero-order valence-corrected chi connectivity index (χ0v) is 10.5. The summed E-state index contributed by atoms with van der Waals surface area (Å²) >= 11 is 0. The van der Waals surface area contributed by atoms with Gasteiger partial charge in [0.1, 0.15) is 11.6 Å². The molecule has 1 nitrogen and oxygen atoms in total. The highest BCUT2D eigenvalue weighted by atomic mass is 19.1. The first-order chi connectivity index (χ1) is 8.70. The molecule has 0 heterocycles. The van der Waals surface area contributed by atoms with E-state index in [4.69, 9.17) is 5.73 Å². The maximum atomic E-state index is 13.6. The minimum Gasteiger partial charge on any atom is -0.327 e. The molecule has 0 unspecified atom stereocenters. The highest BCUT2D eigenvalue weighted by Crippen LogP contribution is 2.30. The van der Waals surface area contributed by atoms with Gasteiger partial charge in [0.25, 0.3) is 0 Å². The molecule has 0 amide bonds. The van der Waals surface area contributed by atoms with Gasteiger partial charge in [-0.25, -0.2) is 8.78 Å². The lowest BCUT2D eigenvalue weighted by molar-refractivity contribution is 0.401. The molecule has 1 aliphatic rings. The van der Waals surface area contributed by atoms with Gasteiger partial charge in [-0.15, -0.1) is 0 Å². The summed E-state index contributed by atoms with van der Waals surface area (Å²) in [5.41, 5.74) is 7.28. The van der Waals surface area contributed by atoms with Gasteiger partial charge in [-0.1, -0.05) is 30.9 Å². The van der Waals surface area contributed by atoms with Crippen molar-refractivity contribution in [2.45, 2.75) is 32.1 Å². The first kappa shape index (κ1) is 13.2. The van der Waals surface area contributed by atoms with Gasteiger partial charge in [0.15, 0.2) is 0 Å². The topological polar surface area (TPSA) is 26.0 Å². The Morgan fingerprint density at radius 3 is 2.56 bits per heavy atom. The van der Waals surface area contributed by atoms with E-state index < -0.39 is 11.6 Å². The molecule has 1 aliphatic carbocycles. The van der Waals surface area contributed by atoms with Crippen LogP contribution in [0.1, 0.15) is 37.7 Å². The lowest BCUT2D eigenvalue weighted by Crippen LogP contribution is -2.16. The number of benzene rings is 1. The van der Waals surface area contributed by atoms with Crippen LogP contribution >= 0.6 is 0 Å². The maximum Gasteiger partial charge on any atom is 0.133 e. The summed E-state index contributed by atoms with van der Waals surface area (Å²) in [5.74, 6) is -0.596. The molecule has 0 saturated heterocycles. The monoisotopic (exact) mass is 251 g/mol. The SMILES string of the molecule is NCC(=Cc1ccc(F)cc1F)C1CCCCC1. The molecule has 18 heavy (non-hydrogen) atoms. The molecule has 3 heteroatoms. The normalized spacial score (nSPS) is 18.1. The molecule has 0 aliphatic heterocycles. The Bertz CT molecular complexity index is 434. The van der Waals surface area contributed by atoms with Crippen molar-refractivity contribution in [2.75, 3.05) is 6.54 Å².